The molecular weight excluding hydrogens is 422 g/mol. The van der Waals surface area contributed by atoms with Crippen LogP contribution in [0.1, 0.15) is 52.9 Å². The highest BCUT2D eigenvalue weighted by Gasteiger charge is 2.28. The molecule has 0 saturated carbocycles. The predicted molar refractivity (Wildman–Crippen MR) is 122 cm³/mol. The smallest absolute Gasteiger partial charge is 0.326 e. The van der Waals surface area contributed by atoms with Gasteiger partial charge in [0.25, 0.3) is 0 Å². The molecular formula is C20H39N5O5S. The molecule has 0 heterocycles. The quantitative estimate of drug-likeness (QED) is 0.171. The number of carbonyl (C=O) groups is 4. The first kappa shape index (κ1) is 29.1. The molecule has 0 aliphatic carbocycles. The van der Waals surface area contributed by atoms with E-state index in [4.69, 9.17) is 11.5 Å². The van der Waals surface area contributed by atoms with Gasteiger partial charge in [-0.25, -0.2) is 4.79 Å². The molecule has 0 aromatic rings. The molecule has 0 aliphatic rings. The second-order valence-corrected chi connectivity index (χ2v) is 8.98. The minimum absolute atomic E-state index is 0.224. The Labute approximate surface area is 189 Å². The maximum atomic E-state index is 12.7. The summed E-state index contributed by atoms with van der Waals surface area (Å²) < 4.78 is 0. The summed E-state index contributed by atoms with van der Waals surface area (Å²) in [4.78, 5) is 48.8. The van der Waals surface area contributed by atoms with E-state index in [2.05, 4.69) is 16.0 Å². The molecule has 0 aliphatic heterocycles. The fourth-order valence-corrected chi connectivity index (χ4v) is 3.30. The van der Waals surface area contributed by atoms with Crippen molar-refractivity contribution in [1.29, 1.82) is 0 Å². The number of nitrogens with one attached hydrogen (secondary N) is 3. The van der Waals surface area contributed by atoms with Crippen molar-refractivity contribution in [2.75, 3.05) is 18.6 Å². The van der Waals surface area contributed by atoms with Gasteiger partial charge in [-0.1, -0.05) is 13.8 Å². The van der Waals surface area contributed by atoms with Crippen LogP contribution in [0.5, 0.6) is 0 Å². The zero-order chi connectivity index (χ0) is 24.0. The molecule has 31 heavy (non-hydrogen) atoms. The SMILES string of the molecule is CSCCC(NC(=O)C(C)NC(=O)C(CCCCN)NC(=O)C(N)CC(C)C)C(=O)O. The van der Waals surface area contributed by atoms with E-state index in [0.29, 0.717) is 38.0 Å². The monoisotopic (exact) mass is 461 g/mol. The van der Waals surface area contributed by atoms with Crippen molar-refractivity contribution in [3.05, 3.63) is 0 Å². The number of hydrogen-bond donors (Lipinski definition) is 6. The Morgan fingerprint density at radius 3 is 2.03 bits per heavy atom. The van der Waals surface area contributed by atoms with Gasteiger partial charge in [0.2, 0.25) is 17.7 Å². The molecule has 0 aromatic heterocycles. The Bertz CT molecular complexity index is 590. The molecule has 0 radical (unpaired) electrons. The third-order valence-electron chi connectivity index (χ3n) is 4.62. The lowest BCUT2D eigenvalue weighted by Crippen LogP contribution is -2.56. The van der Waals surface area contributed by atoms with Gasteiger partial charge in [-0.3, -0.25) is 14.4 Å². The molecule has 10 nitrogen and oxygen atoms in total. The number of carboxylic acid groups (broad SMARTS) is 1. The van der Waals surface area contributed by atoms with E-state index in [-0.39, 0.29) is 12.3 Å². The van der Waals surface area contributed by atoms with Crippen LogP contribution < -0.4 is 27.4 Å². The Hall–Kier alpha value is -1.85. The van der Waals surface area contributed by atoms with Crippen molar-refractivity contribution in [2.24, 2.45) is 17.4 Å². The van der Waals surface area contributed by atoms with Gasteiger partial charge in [-0.2, -0.15) is 11.8 Å². The van der Waals surface area contributed by atoms with E-state index < -0.39 is 47.9 Å². The maximum Gasteiger partial charge on any atom is 0.326 e. The lowest BCUT2D eigenvalue weighted by Gasteiger charge is -2.24. The third kappa shape index (κ3) is 12.6. The van der Waals surface area contributed by atoms with Crippen molar-refractivity contribution in [1.82, 2.24) is 16.0 Å². The van der Waals surface area contributed by atoms with Crippen molar-refractivity contribution in [3.8, 4) is 0 Å². The van der Waals surface area contributed by atoms with Crippen molar-refractivity contribution >= 4 is 35.5 Å². The first-order chi connectivity index (χ1) is 14.5. The summed E-state index contributed by atoms with van der Waals surface area (Å²) in [6, 6.07) is -3.60. The molecule has 3 amide bonds. The molecule has 4 atom stereocenters. The molecule has 180 valence electrons. The van der Waals surface area contributed by atoms with Gasteiger partial charge in [0.05, 0.1) is 6.04 Å². The Morgan fingerprint density at radius 2 is 1.52 bits per heavy atom. The zero-order valence-corrected chi connectivity index (χ0v) is 19.8. The summed E-state index contributed by atoms with van der Waals surface area (Å²) in [7, 11) is 0. The zero-order valence-electron chi connectivity index (χ0n) is 19.0. The Kier molecular flexibility index (Phi) is 14.9. The molecule has 11 heteroatoms. The number of aliphatic carboxylic acids is 1. The normalized spacial score (nSPS) is 14.9. The number of nitrogens with two attached hydrogens (primary N) is 2. The number of carboxylic acids is 1. The van der Waals surface area contributed by atoms with E-state index in [0.717, 1.165) is 0 Å². The summed E-state index contributed by atoms with van der Waals surface area (Å²) in [6.07, 6.45) is 4.25. The van der Waals surface area contributed by atoms with Crippen LogP contribution in [0.4, 0.5) is 0 Å². The lowest BCUT2D eigenvalue weighted by atomic mass is 10.0. The number of unbranched alkanes of at least 4 members (excludes halogenated alkanes) is 1. The van der Waals surface area contributed by atoms with Crippen molar-refractivity contribution in [3.63, 3.8) is 0 Å². The first-order valence-electron chi connectivity index (χ1n) is 10.6. The minimum Gasteiger partial charge on any atom is -0.480 e. The topological polar surface area (TPSA) is 177 Å². The number of thioether (sulfide) groups is 1. The highest BCUT2D eigenvalue weighted by atomic mass is 32.2. The van der Waals surface area contributed by atoms with Gasteiger partial charge in [-0.05, 0) is 63.5 Å². The van der Waals surface area contributed by atoms with Crippen LogP contribution in [0.3, 0.4) is 0 Å². The van der Waals surface area contributed by atoms with E-state index >= 15 is 0 Å². The van der Waals surface area contributed by atoms with Crippen LogP contribution >= 0.6 is 11.8 Å². The molecule has 8 N–H and O–H groups in total. The number of amides is 3. The fourth-order valence-electron chi connectivity index (χ4n) is 2.82. The largest absolute Gasteiger partial charge is 0.480 e. The van der Waals surface area contributed by atoms with Gasteiger partial charge < -0.3 is 32.5 Å². The Morgan fingerprint density at radius 1 is 0.903 bits per heavy atom. The molecule has 0 rings (SSSR count). The number of carbonyl (C=O) groups excluding carboxylic acids is 3. The molecule has 0 saturated heterocycles. The van der Waals surface area contributed by atoms with Gasteiger partial charge in [0, 0.05) is 0 Å². The predicted octanol–water partition coefficient (Wildman–Crippen LogP) is -0.199. The Balaban J connectivity index is 5.02. The lowest BCUT2D eigenvalue weighted by molar-refractivity contribution is -0.142. The van der Waals surface area contributed by atoms with Gasteiger partial charge >= 0.3 is 5.97 Å². The third-order valence-corrected chi connectivity index (χ3v) is 5.26. The molecule has 0 aromatic carbocycles. The summed E-state index contributed by atoms with van der Waals surface area (Å²) >= 11 is 1.47. The number of hydrogen-bond acceptors (Lipinski definition) is 7. The molecule has 4 unspecified atom stereocenters. The summed E-state index contributed by atoms with van der Waals surface area (Å²) in [5, 5.41) is 16.9. The molecule has 0 spiro atoms. The molecule has 0 bridgehead atoms. The van der Waals surface area contributed by atoms with E-state index in [9.17, 15) is 24.3 Å². The van der Waals surface area contributed by atoms with Crippen LogP contribution in [0.25, 0.3) is 0 Å². The van der Waals surface area contributed by atoms with Gasteiger partial charge in [-0.15, -0.1) is 0 Å². The fraction of sp³-hybridized carbons (Fsp3) is 0.800. The minimum atomic E-state index is -1.13. The van der Waals surface area contributed by atoms with E-state index in [1.54, 1.807) is 0 Å². The standard InChI is InChI=1S/C20H39N5O5S/c1-12(2)11-14(22)18(27)24-15(7-5-6-9-21)19(28)23-13(3)17(26)25-16(20(29)30)8-10-31-4/h12-16H,5-11,21-22H2,1-4H3,(H,23,28)(H,24,27)(H,25,26)(H,29,30). The summed E-state index contributed by atoms with van der Waals surface area (Å²) in [5.74, 6) is -1.90. The van der Waals surface area contributed by atoms with E-state index in [1.807, 2.05) is 20.1 Å². The van der Waals surface area contributed by atoms with Gasteiger partial charge in [0.1, 0.15) is 18.1 Å². The van der Waals surface area contributed by atoms with Crippen molar-refractivity contribution in [2.45, 2.75) is 77.0 Å². The maximum absolute atomic E-state index is 12.7. The van der Waals surface area contributed by atoms with E-state index in [1.165, 1.54) is 18.7 Å². The van der Waals surface area contributed by atoms with Crippen molar-refractivity contribution < 1.29 is 24.3 Å². The van der Waals surface area contributed by atoms with Gasteiger partial charge in [0.15, 0.2) is 0 Å². The first-order valence-corrected chi connectivity index (χ1v) is 12.0. The average Bonchev–Trinajstić information content (AvgIpc) is 2.69. The van der Waals surface area contributed by atoms with Crippen LogP contribution in [-0.4, -0.2) is 71.5 Å². The van der Waals surface area contributed by atoms with Crippen LogP contribution in [0.15, 0.2) is 0 Å². The average molecular weight is 462 g/mol. The van der Waals surface area contributed by atoms with Crippen LogP contribution in [0, 0.1) is 5.92 Å². The highest BCUT2D eigenvalue weighted by molar-refractivity contribution is 7.98. The van der Waals surface area contributed by atoms with Crippen LogP contribution in [-0.2, 0) is 19.2 Å². The summed E-state index contributed by atoms with van der Waals surface area (Å²) in [5.41, 5.74) is 11.4. The van der Waals surface area contributed by atoms with Crippen LogP contribution in [0.2, 0.25) is 0 Å². The second kappa shape index (κ2) is 15.9. The highest BCUT2D eigenvalue weighted by Crippen LogP contribution is 2.06. The molecule has 0 fully saturated rings. The second-order valence-electron chi connectivity index (χ2n) is 7.99. The summed E-state index contributed by atoms with van der Waals surface area (Å²) in [6.45, 7) is 5.81. The number of rotatable bonds is 16.